The van der Waals surface area contributed by atoms with Crippen molar-refractivity contribution in [3.05, 3.63) is 0 Å². The smallest absolute Gasteiger partial charge is 0.313 e. The van der Waals surface area contributed by atoms with Crippen molar-refractivity contribution in [1.82, 2.24) is 9.80 Å². The minimum absolute atomic E-state index is 0.331. The SMILES string of the molecule is CCCCC(=O)OC(=O)CCC.CCCCN(CCCC)CCCC.CCCCN(CCCC)CCCC. The summed E-state index contributed by atoms with van der Waals surface area (Å²) in [4.78, 5) is 26.9. The Hall–Kier alpha value is -0.940. The molecule has 0 spiro atoms. The van der Waals surface area contributed by atoms with Gasteiger partial charge >= 0.3 is 11.9 Å². The zero-order valence-electron chi connectivity index (χ0n) is 27.4. The summed E-state index contributed by atoms with van der Waals surface area (Å²) in [5.74, 6) is -0.797. The molecule has 0 N–H and O–H groups in total. The summed E-state index contributed by atoms with van der Waals surface area (Å²) < 4.78 is 4.51. The van der Waals surface area contributed by atoms with Gasteiger partial charge < -0.3 is 14.5 Å². The molecule has 0 amide bonds. The number of nitrogens with zero attached hydrogens (tertiary/aromatic N) is 2. The predicted octanol–water partition coefficient (Wildman–Crippen LogP) is 9.42. The molecule has 0 fully saturated rings. The van der Waals surface area contributed by atoms with E-state index in [1.807, 2.05) is 13.8 Å². The summed E-state index contributed by atoms with van der Waals surface area (Å²) in [7, 11) is 0. The third-order valence-electron chi connectivity index (χ3n) is 6.38. The zero-order chi connectivity index (χ0) is 29.3. The highest BCUT2D eigenvalue weighted by Crippen LogP contribution is 2.03. The van der Waals surface area contributed by atoms with Crippen molar-refractivity contribution in [2.75, 3.05) is 39.3 Å². The Balaban J connectivity index is -0.000000484. The minimum atomic E-state index is -0.404. The largest absolute Gasteiger partial charge is 0.393 e. The number of hydrogen-bond donors (Lipinski definition) is 0. The highest BCUT2D eigenvalue weighted by atomic mass is 16.6. The fraction of sp³-hybridized carbons (Fsp3) is 0.939. The molecule has 38 heavy (non-hydrogen) atoms. The third-order valence-corrected chi connectivity index (χ3v) is 6.38. The van der Waals surface area contributed by atoms with Crippen LogP contribution < -0.4 is 0 Å². The van der Waals surface area contributed by atoms with Gasteiger partial charge in [0.25, 0.3) is 0 Å². The second kappa shape index (κ2) is 36.1. The molecule has 5 nitrogen and oxygen atoms in total. The number of hydrogen-bond acceptors (Lipinski definition) is 5. The zero-order valence-corrected chi connectivity index (χ0v) is 27.4. The topological polar surface area (TPSA) is 49.9 Å². The van der Waals surface area contributed by atoms with E-state index in [0.29, 0.717) is 12.8 Å². The first-order chi connectivity index (χ1) is 18.4. The van der Waals surface area contributed by atoms with Crippen LogP contribution in [0.25, 0.3) is 0 Å². The van der Waals surface area contributed by atoms with Crippen molar-refractivity contribution < 1.29 is 14.3 Å². The molecule has 0 aliphatic carbocycles. The Morgan fingerprint density at radius 1 is 0.395 bits per heavy atom. The Bertz CT molecular complexity index is 409. The maximum absolute atomic E-state index is 10.8. The minimum Gasteiger partial charge on any atom is -0.393 e. The lowest BCUT2D eigenvalue weighted by molar-refractivity contribution is -0.159. The average Bonchev–Trinajstić information content (AvgIpc) is 2.92. The van der Waals surface area contributed by atoms with Gasteiger partial charge in [-0.1, -0.05) is 100 Å². The molecule has 0 aliphatic rings. The predicted molar refractivity (Wildman–Crippen MR) is 168 cm³/mol. The summed E-state index contributed by atoms with van der Waals surface area (Å²) >= 11 is 0. The molecule has 0 rings (SSSR count). The Kier molecular flexibility index (Phi) is 39.4. The van der Waals surface area contributed by atoms with Gasteiger partial charge in [0.2, 0.25) is 0 Å². The monoisotopic (exact) mass is 543 g/mol. The van der Waals surface area contributed by atoms with Gasteiger partial charge in [0.1, 0.15) is 0 Å². The van der Waals surface area contributed by atoms with Gasteiger partial charge in [-0.15, -0.1) is 0 Å². The highest BCUT2D eigenvalue weighted by molar-refractivity contribution is 5.85. The lowest BCUT2D eigenvalue weighted by atomic mass is 10.2. The van der Waals surface area contributed by atoms with Crippen LogP contribution in [0.4, 0.5) is 0 Å². The third kappa shape index (κ3) is 35.1. The molecule has 0 aliphatic heterocycles. The van der Waals surface area contributed by atoms with Gasteiger partial charge in [-0.25, -0.2) is 0 Å². The Morgan fingerprint density at radius 3 is 0.895 bits per heavy atom. The molecule has 0 heterocycles. The van der Waals surface area contributed by atoms with Gasteiger partial charge in [0.15, 0.2) is 0 Å². The van der Waals surface area contributed by atoms with Crippen molar-refractivity contribution >= 4 is 11.9 Å². The van der Waals surface area contributed by atoms with E-state index in [1.54, 1.807) is 0 Å². The fourth-order valence-corrected chi connectivity index (χ4v) is 3.72. The van der Waals surface area contributed by atoms with E-state index in [2.05, 4.69) is 56.1 Å². The van der Waals surface area contributed by atoms with Gasteiger partial charge in [-0.3, -0.25) is 9.59 Å². The molecule has 0 aromatic rings. The van der Waals surface area contributed by atoms with E-state index in [1.165, 1.54) is 116 Å². The van der Waals surface area contributed by atoms with E-state index < -0.39 is 11.9 Å². The second-order valence-electron chi connectivity index (χ2n) is 10.5. The van der Waals surface area contributed by atoms with E-state index in [-0.39, 0.29) is 0 Å². The summed E-state index contributed by atoms with van der Waals surface area (Å²) in [6.45, 7) is 25.4. The van der Waals surface area contributed by atoms with Crippen molar-refractivity contribution in [2.45, 2.75) is 165 Å². The van der Waals surface area contributed by atoms with Gasteiger partial charge in [0, 0.05) is 12.8 Å². The summed E-state index contributed by atoms with van der Waals surface area (Å²) in [5.41, 5.74) is 0. The van der Waals surface area contributed by atoms with Crippen LogP contribution in [0.2, 0.25) is 0 Å². The summed E-state index contributed by atoms with van der Waals surface area (Å²) in [6.07, 6.45) is 19.3. The van der Waals surface area contributed by atoms with Crippen LogP contribution in [0.3, 0.4) is 0 Å². The van der Waals surface area contributed by atoms with Gasteiger partial charge in [-0.2, -0.15) is 0 Å². The molecule has 0 saturated heterocycles. The van der Waals surface area contributed by atoms with Crippen molar-refractivity contribution in [1.29, 1.82) is 0 Å². The molecular formula is C33H70N2O3. The van der Waals surface area contributed by atoms with Gasteiger partial charge in [-0.05, 0) is 90.6 Å². The highest BCUT2D eigenvalue weighted by Gasteiger charge is 2.08. The second-order valence-corrected chi connectivity index (χ2v) is 10.5. The molecule has 0 atom stereocenters. The summed E-state index contributed by atoms with van der Waals surface area (Å²) in [6, 6.07) is 0. The lowest BCUT2D eigenvalue weighted by Crippen LogP contribution is -2.27. The van der Waals surface area contributed by atoms with Crippen LogP contribution in [0.15, 0.2) is 0 Å². The first kappa shape index (κ1) is 41.5. The normalized spacial score (nSPS) is 10.6. The van der Waals surface area contributed by atoms with Crippen LogP contribution in [0.1, 0.15) is 165 Å². The van der Waals surface area contributed by atoms with Crippen molar-refractivity contribution in [3.8, 4) is 0 Å². The van der Waals surface area contributed by atoms with Crippen molar-refractivity contribution in [2.24, 2.45) is 0 Å². The van der Waals surface area contributed by atoms with E-state index in [0.717, 1.165) is 19.3 Å². The molecule has 0 radical (unpaired) electrons. The van der Waals surface area contributed by atoms with E-state index in [9.17, 15) is 9.59 Å². The standard InChI is InChI=1S/2C12H27N.C9H16O3/c2*1-4-7-10-13(11-8-5-2)12-9-6-3;1-3-5-7-9(11)12-8(10)6-4-2/h2*4-12H2,1-3H3;3-7H2,1-2H3. The number of unbranched alkanes of at least 4 members (excludes halogenated alkanes) is 7. The number of carbonyl (C=O) groups excluding carboxylic acids is 2. The quantitative estimate of drug-likeness (QED) is 0.0950. The molecule has 230 valence electrons. The fourth-order valence-electron chi connectivity index (χ4n) is 3.72. The maximum atomic E-state index is 10.8. The maximum Gasteiger partial charge on any atom is 0.313 e. The molecule has 0 aromatic heterocycles. The average molecular weight is 543 g/mol. The Morgan fingerprint density at radius 2 is 0.658 bits per heavy atom. The van der Waals surface area contributed by atoms with Gasteiger partial charge in [0.05, 0.1) is 0 Å². The van der Waals surface area contributed by atoms with Crippen LogP contribution in [-0.2, 0) is 14.3 Å². The lowest BCUT2D eigenvalue weighted by Gasteiger charge is -2.21. The molecule has 0 aromatic carbocycles. The Labute approximate surface area is 239 Å². The molecule has 5 heteroatoms. The number of esters is 2. The molecule has 0 unspecified atom stereocenters. The molecular weight excluding hydrogens is 472 g/mol. The summed E-state index contributed by atoms with van der Waals surface area (Å²) in [5, 5.41) is 0. The first-order valence-corrected chi connectivity index (χ1v) is 16.6. The van der Waals surface area contributed by atoms with E-state index >= 15 is 0 Å². The number of ether oxygens (including phenoxy) is 1. The number of carbonyl (C=O) groups is 2. The van der Waals surface area contributed by atoms with E-state index in [4.69, 9.17) is 0 Å². The van der Waals surface area contributed by atoms with Crippen LogP contribution >= 0.6 is 0 Å². The van der Waals surface area contributed by atoms with Crippen LogP contribution in [-0.4, -0.2) is 61.0 Å². The molecule has 0 bridgehead atoms. The first-order valence-electron chi connectivity index (χ1n) is 16.6. The van der Waals surface area contributed by atoms with Crippen LogP contribution in [0, 0.1) is 0 Å². The number of rotatable bonds is 23. The van der Waals surface area contributed by atoms with Crippen LogP contribution in [0.5, 0.6) is 0 Å². The molecule has 0 saturated carbocycles. The van der Waals surface area contributed by atoms with Crippen molar-refractivity contribution in [3.63, 3.8) is 0 Å².